The molecule has 4 aliphatic carbocycles. The van der Waals surface area contributed by atoms with Gasteiger partial charge in [-0.15, -0.1) is 0 Å². The van der Waals surface area contributed by atoms with E-state index in [4.69, 9.17) is 4.74 Å². The number of hydrogen-bond acceptors (Lipinski definition) is 3. The van der Waals surface area contributed by atoms with Gasteiger partial charge in [-0.2, -0.15) is 0 Å². The quantitative estimate of drug-likeness (QED) is 0.647. The maximum Gasteiger partial charge on any atom is 0.0897 e. The van der Waals surface area contributed by atoms with Gasteiger partial charge in [0, 0.05) is 19.2 Å². The molecule has 3 heteroatoms. The third-order valence-corrected chi connectivity index (χ3v) is 7.21. The molecule has 144 valence electrons. The van der Waals surface area contributed by atoms with Gasteiger partial charge in [0.1, 0.15) is 0 Å². The number of hydrogen-bond donors (Lipinski definition) is 2. The van der Waals surface area contributed by atoms with Crippen LogP contribution in [0, 0.1) is 23.2 Å². The molecule has 2 atom stereocenters. The Labute approximate surface area is 158 Å². The molecule has 4 fully saturated rings. The van der Waals surface area contributed by atoms with E-state index in [-0.39, 0.29) is 6.04 Å². The fourth-order valence-electron chi connectivity index (χ4n) is 6.34. The predicted octanol–water partition coefficient (Wildman–Crippen LogP) is 4.32. The molecule has 0 unspecified atom stereocenters. The van der Waals surface area contributed by atoms with E-state index in [2.05, 4.69) is 36.5 Å². The highest BCUT2D eigenvalue weighted by Crippen LogP contribution is 2.61. The number of benzene rings is 1. The van der Waals surface area contributed by atoms with E-state index >= 15 is 0 Å². The Bertz CT molecular complexity index is 538. The number of rotatable bonds is 9. The Morgan fingerprint density at radius 2 is 1.69 bits per heavy atom. The first-order chi connectivity index (χ1) is 12.6. The summed E-state index contributed by atoms with van der Waals surface area (Å²) < 4.78 is 5.88. The molecule has 26 heavy (non-hydrogen) atoms. The maximum atomic E-state index is 10.2. The second kappa shape index (κ2) is 8.00. The summed E-state index contributed by atoms with van der Waals surface area (Å²) in [7, 11) is 0. The molecule has 1 aromatic carbocycles. The Morgan fingerprint density at radius 1 is 1.08 bits per heavy atom. The van der Waals surface area contributed by atoms with Crippen molar-refractivity contribution >= 4 is 0 Å². The molecule has 0 heterocycles. The van der Waals surface area contributed by atoms with Gasteiger partial charge in [0.05, 0.1) is 12.7 Å². The van der Waals surface area contributed by atoms with Crippen LogP contribution in [0.2, 0.25) is 0 Å². The normalized spacial score (nSPS) is 34.8. The fraction of sp³-hybridized carbons (Fsp3) is 0.739. The monoisotopic (exact) mass is 357 g/mol. The van der Waals surface area contributed by atoms with Gasteiger partial charge in [0.15, 0.2) is 0 Å². The lowest BCUT2D eigenvalue weighted by Crippen LogP contribution is -2.46. The van der Waals surface area contributed by atoms with Crippen LogP contribution in [0.1, 0.15) is 63.5 Å². The lowest BCUT2D eigenvalue weighted by atomic mass is 9.49. The molecule has 0 spiro atoms. The molecule has 3 nitrogen and oxygen atoms in total. The average molecular weight is 358 g/mol. The van der Waals surface area contributed by atoms with E-state index in [9.17, 15) is 5.11 Å². The fourth-order valence-corrected chi connectivity index (χ4v) is 6.34. The van der Waals surface area contributed by atoms with Crippen LogP contribution in [0.4, 0.5) is 0 Å². The summed E-state index contributed by atoms with van der Waals surface area (Å²) in [5.74, 6) is 3.03. The molecule has 5 rings (SSSR count). The molecule has 1 aromatic rings. The second-order valence-electron chi connectivity index (χ2n) is 9.44. The summed E-state index contributed by atoms with van der Waals surface area (Å²) in [6.45, 7) is 3.97. The number of aliphatic hydroxyl groups is 1. The van der Waals surface area contributed by atoms with Crippen molar-refractivity contribution in [2.24, 2.45) is 23.2 Å². The molecule has 4 saturated carbocycles. The highest BCUT2D eigenvalue weighted by Gasteiger charge is 2.50. The molecule has 2 N–H and O–H groups in total. The van der Waals surface area contributed by atoms with Crippen molar-refractivity contribution in [3.8, 4) is 0 Å². The van der Waals surface area contributed by atoms with E-state index < -0.39 is 6.10 Å². The van der Waals surface area contributed by atoms with E-state index in [0.717, 1.165) is 24.4 Å². The summed E-state index contributed by atoms with van der Waals surface area (Å²) in [5, 5.41) is 13.6. The van der Waals surface area contributed by atoms with Gasteiger partial charge in [-0.3, -0.25) is 0 Å². The zero-order valence-electron chi connectivity index (χ0n) is 16.2. The topological polar surface area (TPSA) is 41.5 Å². The lowest BCUT2D eigenvalue weighted by Gasteiger charge is -2.57. The minimum atomic E-state index is -0.433. The summed E-state index contributed by atoms with van der Waals surface area (Å²) in [5.41, 5.74) is 1.84. The number of aliphatic hydroxyl groups excluding tert-OH is 1. The summed E-state index contributed by atoms with van der Waals surface area (Å²) in [6, 6.07) is 10.6. The molecular formula is C23H35NO2. The first-order valence-corrected chi connectivity index (χ1v) is 10.7. The van der Waals surface area contributed by atoms with Crippen LogP contribution < -0.4 is 5.32 Å². The van der Waals surface area contributed by atoms with Crippen molar-refractivity contribution in [1.29, 1.82) is 0 Å². The second-order valence-corrected chi connectivity index (χ2v) is 9.44. The maximum absolute atomic E-state index is 10.2. The predicted molar refractivity (Wildman–Crippen MR) is 105 cm³/mol. The first kappa shape index (κ1) is 18.5. The Balaban J connectivity index is 1.14. The number of nitrogens with one attached hydrogen (secondary N) is 1. The van der Waals surface area contributed by atoms with Crippen molar-refractivity contribution in [2.45, 2.75) is 64.0 Å². The van der Waals surface area contributed by atoms with Crippen molar-refractivity contribution in [1.82, 2.24) is 5.32 Å². The minimum Gasteiger partial charge on any atom is -0.389 e. The van der Waals surface area contributed by atoms with Crippen LogP contribution >= 0.6 is 0 Å². The zero-order valence-corrected chi connectivity index (χ0v) is 16.2. The third-order valence-electron chi connectivity index (χ3n) is 7.21. The average Bonchev–Trinajstić information content (AvgIpc) is 2.63. The van der Waals surface area contributed by atoms with Crippen LogP contribution in [-0.4, -0.2) is 31.0 Å². The third kappa shape index (κ3) is 4.32. The van der Waals surface area contributed by atoms with E-state index in [1.165, 1.54) is 50.5 Å². The zero-order chi connectivity index (χ0) is 18.0. The standard InChI is InChI=1S/C23H35NO2/c1-17(21-5-3-2-4-6-21)24-15-22(25)16-26-8-7-23-12-18-9-19(13-23)11-20(10-18)14-23/h2-6,17-20,22,24-25H,7-16H2,1H3/t17-,18?,19?,20?,22+,23?/m1/s1. The molecule has 0 aliphatic heterocycles. The van der Waals surface area contributed by atoms with Gasteiger partial charge < -0.3 is 15.2 Å². The van der Waals surface area contributed by atoms with Crippen LogP contribution in [0.5, 0.6) is 0 Å². The largest absolute Gasteiger partial charge is 0.389 e. The molecule has 4 bridgehead atoms. The van der Waals surface area contributed by atoms with Gasteiger partial charge in [-0.05, 0) is 80.6 Å². The van der Waals surface area contributed by atoms with Gasteiger partial charge in [0.25, 0.3) is 0 Å². The SMILES string of the molecule is C[C@@H](NC[C@H](O)COCCC12CC3CC(CC(C3)C1)C2)c1ccccc1. The van der Waals surface area contributed by atoms with Crippen molar-refractivity contribution < 1.29 is 9.84 Å². The van der Waals surface area contributed by atoms with Crippen LogP contribution in [-0.2, 0) is 4.74 Å². The van der Waals surface area contributed by atoms with Crippen LogP contribution in [0.3, 0.4) is 0 Å². The molecule has 0 saturated heterocycles. The molecule has 4 aliphatic rings. The first-order valence-electron chi connectivity index (χ1n) is 10.7. The Kier molecular flexibility index (Phi) is 5.68. The molecule has 0 aromatic heterocycles. The summed E-state index contributed by atoms with van der Waals surface area (Å²) in [6.07, 6.45) is 9.62. The lowest BCUT2D eigenvalue weighted by molar-refractivity contribution is -0.0730. The summed E-state index contributed by atoms with van der Waals surface area (Å²) in [4.78, 5) is 0. The van der Waals surface area contributed by atoms with Crippen LogP contribution in [0.15, 0.2) is 30.3 Å². The van der Waals surface area contributed by atoms with Gasteiger partial charge in [0.2, 0.25) is 0 Å². The Hall–Kier alpha value is -0.900. The van der Waals surface area contributed by atoms with E-state index in [1.807, 2.05) is 6.07 Å². The minimum absolute atomic E-state index is 0.248. The van der Waals surface area contributed by atoms with Crippen molar-refractivity contribution in [3.05, 3.63) is 35.9 Å². The van der Waals surface area contributed by atoms with Crippen molar-refractivity contribution in [3.63, 3.8) is 0 Å². The molecule has 0 amide bonds. The molecule has 0 radical (unpaired) electrons. The number of ether oxygens (including phenoxy) is 1. The Morgan fingerprint density at radius 3 is 2.31 bits per heavy atom. The molecular weight excluding hydrogens is 322 g/mol. The van der Waals surface area contributed by atoms with Gasteiger partial charge in [-0.1, -0.05) is 30.3 Å². The smallest absolute Gasteiger partial charge is 0.0897 e. The van der Waals surface area contributed by atoms with Crippen LogP contribution in [0.25, 0.3) is 0 Å². The highest BCUT2D eigenvalue weighted by atomic mass is 16.5. The highest BCUT2D eigenvalue weighted by molar-refractivity contribution is 5.18. The van der Waals surface area contributed by atoms with Gasteiger partial charge >= 0.3 is 0 Å². The summed E-state index contributed by atoms with van der Waals surface area (Å²) >= 11 is 0. The van der Waals surface area contributed by atoms with E-state index in [1.54, 1.807) is 0 Å². The van der Waals surface area contributed by atoms with E-state index in [0.29, 0.717) is 18.6 Å². The van der Waals surface area contributed by atoms with Gasteiger partial charge in [-0.25, -0.2) is 0 Å². The van der Waals surface area contributed by atoms with Crippen molar-refractivity contribution in [2.75, 3.05) is 19.8 Å².